The lowest BCUT2D eigenvalue weighted by molar-refractivity contribution is 0.0985. The van der Waals surface area contributed by atoms with E-state index in [4.69, 9.17) is 5.73 Å². The second kappa shape index (κ2) is 2.96. The minimum Gasteiger partial charge on any atom is -0.298 e. The maximum Gasteiger partial charge on any atom is 0.296 e. The first-order valence-corrected chi connectivity index (χ1v) is 3.03. The first kappa shape index (κ1) is 7.47. The maximum atomic E-state index is 10.4. The summed E-state index contributed by atoms with van der Waals surface area (Å²) < 4.78 is 0. The van der Waals surface area contributed by atoms with Crippen LogP contribution in [0.15, 0.2) is 24.3 Å². The van der Waals surface area contributed by atoms with E-state index in [1.807, 2.05) is 0 Å². The number of amides is 1. The van der Waals surface area contributed by atoms with Gasteiger partial charge >= 0.3 is 0 Å². The summed E-state index contributed by atoms with van der Waals surface area (Å²) in [5.41, 5.74) is 8.79. The molecule has 1 aromatic carbocycles. The molecule has 0 saturated heterocycles. The van der Waals surface area contributed by atoms with Gasteiger partial charge in [0.15, 0.2) is 6.29 Å². The topological polar surface area (TPSA) is 56.4 Å². The third-order valence-electron chi connectivity index (χ3n) is 1.32. The van der Waals surface area contributed by atoms with E-state index in [1.54, 1.807) is 12.1 Å². The molecular formula is C8H5NO2. The fourth-order valence-corrected chi connectivity index (χ4v) is 0.795. The van der Waals surface area contributed by atoms with E-state index in [2.05, 4.69) is 0 Å². The normalized spacial score (nSPS) is 9.09. The molecule has 3 heteroatoms. The predicted molar refractivity (Wildman–Crippen MR) is 38.3 cm³/mol. The van der Waals surface area contributed by atoms with Crippen molar-refractivity contribution in [3.05, 3.63) is 35.4 Å². The molecule has 2 radical (unpaired) electrons. The molecule has 0 fully saturated rings. The molecule has 0 atom stereocenters. The van der Waals surface area contributed by atoms with Gasteiger partial charge in [0.25, 0.3) is 5.91 Å². The summed E-state index contributed by atoms with van der Waals surface area (Å²) >= 11 is 0. The number of rotatable bonds is 2. The van der Waals surface area contributed by atoms with Crippen molar-refractivity contribution in [3.63, 3.8) is 0 Å². The van der Waals surface area contributed by atoms with Gasteiger partial charge in [0, 0.05) is 5.56 Å². The third-order valence-corrected chi connectivity index (χ3v) is 1.32. The number of hydrogen-bond acceptors (Lipinski definition) is 2. The Kier molecular flexibility index (Phi) is 2.01. The van der Waals surface area contributed by atoms with Crippen LogP contribution in [-0.2, 0) is 0 Å². The van der Waals surface area contributed by atoms with Gasteiger partial charge in [-0.2, -0.15) is 0 Å². The molecule has 0 aromatic heterocycles. The molecule has 0 spiro atoms. The van der Waals surface area contributed by atoms with E-state index in [0.29, 0.717) is 6.29 Å². The summed E-state index contributed by atoms with van der Waals surface area (Å²) in [6.07, 6.45) is 0.531. The van der Waals surface area contributed by atoms with Crippen molar-refractivity contribution in [2.45, 2.75) is 0 Å². The molecule has 11 heavy (non-hydrogen) atoms. The molecule has 3 nitrogen and oxygen atoms in total. The van der Waals surface area contributed by atoms with Gasteiger partial charge in [-0.25, -0.2) is 0 Å². The van der Waals surface area contributed by atoms with Crippen LogP contribution in [0.1, 0.15) is 20.7 Å². The number of nitrogens with zero attached hydrogens (tertiary/aromatic N) is 1. The van der Waals surface area contributed by atoms with Gasteiger partial charge in [0.05, 0.1) is 5.56 Å². The number of benzene rings is 1. The van der Waals surface area contributed by atoms with Gasteiger partial charge in [-0.15, -0.1) is 5.73 Å². The zero-order valence-corrected chi connectivity index (χ0v) is 5.65. The summed E-state index contributed by atoms with van der Waals surface area (Å²) in [4.78, 5) is 20.7. The minimum absolute atomic E-state index is 0.0440. The predicted octanol–water partition coefficient (Wildman–Crippen LogP) is 0.708. The van der Waals surface area contributed by atoms with Crippen molar-refractivity contribution in [1.29, 1.82) is 0 Å². The third kappa shape index (κ3) is 1.43. The van der Waals surface area contributed by atoms with Crippen LogP contribution in [-0.4, -0.2) is 12.2 Å². The highest BCUT2D eigenvalue weighted by Gasteiger charge is 2.06. The van der Waals surface area contributed by atoms with Crippen LogP contribution in [0.3, 0.4) is 0 Å². The molecule has 0 aliphatic heterocycles. The highest BCUT2D eigenvalue weighted by Crippen LogP contribution is 2.04. The summed E-state index contributed by atoms with van der Waals surface area (Å²) in [5, 5.41) is 0. The highest BCUT2D eigenvalue weighted by atomic mass is 16.1. The Balaban J connectivity index is 3.22. The Morgan fingerprint density at radius 3 is 2.45 bits per heavy atom. The summed E-state index contributed by atoms with van der Waals surface area (Å²) in [6, 6.07) is 6.06. The van der Waals surface area contributed by atoms with Crippen molar-refractivity contribution in [1.82, 2.24) is 5.73 Å². The van der Waals surface area contributed by atoms with Gasteiger partial charge < -0.3 is 0 Å². The molecule has 54 valence electrons. The Hall–Kier alpha value is -1.64. The van der Waals surface area contributed by atoms with Crippen LogP contribution in [0.5, 0.6) is 0 Å². The Labute approximate surface area is 63.8 Å². The Morgan fingerprint density at radius 2 is 2.00 bits per heavy atom. The van der Waals surface area contributed by atoms with Crippen LogP contribution < -0.4 is 5.73 Å². The number of hydrogen-bond donors (Lipinski definition) is 0. The van der Waals surface area contributed by atoms with Crippen LogP contribution in [0, 0.1) is 0 Å². The zero-order chi connectivity index (χ0) is 8.27. The molecule has 0 saturated carbocycles. The monoisotopic (exact) mass is 147 g/mol. The summed E-state index contributed by atoms with van der Waals surface area (Å²) in [7, 11) is 0. The fourth-order valence-electron chi connectivity index (χ4n) is 0.795. The molecule has 0 heterocycles. The summed E-state index contributed by atoms with van der Waals surface area (Å²) in [6.45, 7) is 0. The van der Waals surface area contributed by atoms with Crippen molar-refractivity contribution in [2.75, 3.05) is 0 Å². The van der Waals surface area contributed by atoms with E-state index in [-0.39, 0.29) is 11.1 Å². The second-order valence-corrected chi connectivity index (χ2v) is 2.01. The molecule has 0 aliphatic rings. The molecule has 1 aromatic rings. The lowest BCUT2D eigenvalue weighted by atomic mass is 10.1. The van der Waals surface area contributed by atoms with E-state index in [1.165, 1.54) is 12.1 Å². The maximum absolute atomic E-state index is 10.4. The lowest BCUT2D eigenvalue weighted by Gasteiger charge is -1.94. The van der Waals surface area contributed by atoms with E-state index in [9.17, 15) is 9.59 Å². The van der Waals surface area contributed by atoms with Crippen LogP contribution in [0.2, 0.25) is 0 Å². The van der Waals surface area contributed by atoms with Crippen molar-refractivity contribution < 1.29 is 9.59 Å². The highest BCUT2D eigenvalue weighted by molar-refractivity contribution is 5.99. The summed E-state index contributed by atoms with van der Waals surface area (Å²) in [5.74, 6) is -1.08. The molecular weight excluding hydrogens is 142 g/mol. The smallest absolute Gasteiger partial charge is 0.296 e. The van der Waals surface area contributed by atoms with Crippen LogP contribution in [0.4, 0.5) is 0 Å². The zero-order valence-electron chi connectivity index (χ0n) is 5.65. The molecule has 0 aliphatic carbocycles. The van der Waals surface area contributed by atoms with Gasteiger partial charge in [-0.1, -0.05) is 18.2 Å². The largest absolute Gasteiger partial charge is 0.298 e. The Morgan fingerprint density at radius 1 is 1.36 bits per heavy atom. The van der Waals surface area contributed by atoms with Gasteiger partial charge in [0.1, 0.15) is 0 Å². The molecule has 0 N–H and O–H groups in total. The van der Waals surface area contributed by atoms with Crippen molar-refractivity contribution >= 4 is 12.2 Å². The average molecular weight is 147 g/mol. The minimum atomic E-state index is -1.08. The Bertz CT molecular complexity index is 294. The van der Waals surface area contributed by atoms with Gasteiger partial charge in [-0.3, -0.25) is 9.59 Å². The van der Waals surface area contributed by atoms with Crippen molar-refractivity contribution in [2.24, 2.45) is 0 Å². The second-order valence-electron chi connectivity index (χ2n) is 2.01. The molecule has 1 rings (SSSR count). The number of carbonyl (C=O) groups is 2. The average Bonchev–Trinajstić information content (AvgIpc) is 2.04. The fraction of sp³-hybridized carbons (Fsp3) is 0. The number of aldehydes is 1. The van der Waals surface area contributed by atoms with Crippen LogP contribution in [0.25, 0.3) is 0 Å². The SMILES string of the molecule is [N]C(=O)c1ccccc1C=O. The van der Waals surface area contributed by atoms with Crippen molar-refractivity contribution in [3.8, 4) is 0 Å². The van der Waals surface area contributed by atoms with E-state index in [0.717, 1.165) is 0 Å². The lowest BCUT2D eigenvalue weighted by Crippen LogP contribution is -2.02. The number of carbonyl (C=O) groups excluding carboxylic acids is 2. The van der Waals surface area contributed by atoms with Gasteiger partial charge in [-0.05, 0) is 6.07 Å². The van der Waals surface area contributed by atoms with E-state index >= 15 is 0 Å². The van der Waals surface area contributed by atoms with E-state index < -0.39 is 5.91 Å². The van der Waals surface area contributed by atoms with Gasteiger partial charge in [0.2, 0.25) is 0 Å². The quantitative estimate of drug-likeness (QED) is 0.578. The standard InChI is InChI=1S/C8H5NO2/c9-8(11)7-4-2-1-3-6(7)5-10/h1-5H. The first-order chi connectivity index (χ1) is 5.25. The molecule has 1 amide bonds. The van der Waals surface area contributed by atoms with Crippen LogP contribution >= 0.6 is 0 Å². The molecule has 0 bridgehead atoms. The molecule has 0 unspecified atom stereocenters. The first-order valence-electron chi connectivity index (χ1n) is 3.03.